The van der Waals surface area contributed by atoms with Gasteiger partial charge in [0.2, 0.25) is 17.7 Å². The van der Waals surface area contributed by atoms with E-state index in [2.05, 4.69) is 20.9 Å². The SMILES string of the molecule is CCC(C)C(NC(=O)CNC(=O)C(Cc1ccccc1)NC(=O)C(N)CCCN=C(N)N)C(=O)O. The highest BCUT2D eigenvalue weighted by Gasteiger charge is 2.27. The monoisotopic (exact) mass is 491 g/mol. The Bertz CT molecular complexity index is 874. The summed E-state index contributed by atoms with van der Waals surface area (Å²) in [4.78, 5) is 53.0. The van der Waals surface area contributed by atoms with Crippen molar-refractivity contribution in [1.29, 1.82) is 0 Å². The van der Waals surface area contributed by atoms with Gasteiger partial charge in [-0.05, 0) is 24.3 Å². The summed E-state index contributed by atoms with van der Waals surface area (Å²) in [7, 11) is 0. The molecule has 0 saturated heterocycles. The maximum absolute atomic E-state index is 12.8. The number of carboxylic acids is 1. The molecule has 1 aromatic carbocycles. The van der Waals surface area contributed by atoms with Gasteiger partial charge in [-0.2, -0.15) is 0 Å². The average Bonchev–Trinajstić information content (AvgIpc) is 2.82. The van der Waals surface area contributed by atoms with E-state index in [0.717, 1.165) is 5.56 Å². The van der Waals surface area contributed by atoms with E-state index >= 15 is 0 Å². The van der Waals surface area contributed by atoms with Crippen molar-refractivity contribution in [2.24, 2.45) is 28.1 Å². The Morgan fingerprint density at radius 2 is 1.71 bits per heavy atom. The van der Waals surface area contributed by atoms with Gasteiger partial charge in [0.15, 0.2) is 5.96 Å². The van der Waals surface area contributed by atoms with Crippen molar-refractivity contribution in [2.75, 3.05) is 13.1 Å². The third-order valence-electron chi connectivity index (χ3n) is 5.44. The number of carbonyl (C=O) groups is 4. The molecule has 12 heteroatoms. The number of benzene rings is 1. The lowest BCUT2D eigenvalue weighted by Crippen LogP contribution is -2.54. The van der Waals surface area contributed by atoms with Crippen molar-refractivity contribution < 1.29 is 24.3 Å². The standard InChI is InChI=1S/C23H37N7O5/c1-3-14(2)19(22(34)35)30-18(31)13-28-21(33)17(12-15-8-5-4-6-9-15)29-20(32)16(24)10-7-11-27-23(25)26/h4-6,8-9,14,16-17,19H,3,7,10-13,24H2,1-2H3,(H,28,33)(H,29,32)(H,30,31)(H,34,35)(H4,25,26,27). The van der Waals surface area contributed by atoms with E-state index in [9.17, 15) is 24.3 Å². The van der Waals surface area contributed by atoms with Crippen molar-refractivity contribution in [2.45, 2.75) is 57.7 Å². The van der Waals surface area contributed by atoms with Crippen LogP contribution in [0.3, 0.4) is 0 Å². The smallest absolute Gasteiger partial charge is 0.326 e. The number of nitrogens with one attached hydrogen (secondary N) is 3. The average molecular weight is 492 g/mol. The third-order valence-corrected chi connectivity index (χ3v) is 5.44. The second kappa shape index (κ2) is 15.3. The quantitative estimate of drug-likeness (QED) is 0.0898. The predicted molar refractivity (Wildman–Crippen MR) is 132 cm³/mol. The van der Waals surface area contributed by atoms with Gasteiger partial charge in [-0.3, -0.25) is 19.4 Å². The van der Waals surface area contributed by atoms with Crippen LogP contribution in [0.2, 0.25) is 0 Å². The lowest BCUT2D eigenvalue weighted by atomic mass is 9.99. The minimum Gasteiger partial charge on any atom is -0.480 e. The molecular formula is C23H37N7O5. The molecule has 35 heavy (non-hydrogen) atoms. The Morgan fingerprint density at radius 1 is 1.06 bits per heavy atom. The van der Waals surface area contributed by atoms with Crippen molar-refractivity contribution in [3.8, 4) is 0 Å². The molecule has 1 aromatic rings. The predicted octanol–water partition coefficient (Wildman–Crippen LogP) is -1.17. The zero-order valence-electron chi connectivity index (χ0n) is 20.2. The van der Waals surface area contributed by atoms with Crippen molar-refractivity contribution in [3.63, 3.8) is 0 Å². The molecule has 0 radical (unpaired) electrons. The van der Waals surface area contributed by atoms with Gasteiger partial charge in [0.25, 0.3) is 0 Å². The highest BCUT2D eigenvalue weighted by Crippen LogP contribution is 2.08. The van der Waals surface area contributed by atoms with Crippen LogP contribution in [0.5, 0.6) is 0 Å². The number of aliphatic carboxylic acids is 1. The number of carboxylic acid groups (broad SMARTS) is 1. The zero-order valence-corrected chi connectivity index (χ0v) is 20.2. The van der Waals surface area contributed by atoms with E-state index in [0.29, 0.717) is 25.8 Å². The third kappa shape index (κ3) is 11.3. The van der Waals surface area contributed by atoms with Crippen molar-refractivity contribution in [3.05, 3.63) is 35.9 Å². The molecule has 0 spiro atoms. The second-order valence-corrected chi connectivity index (χ2v) is 8.29. The maximum atomic E-state index is 12.8. The van der Waals surface area contributed by atoms with E-state index in [-0.39, 0.29) is 18.3 Å². The molecule has 0 aliphatic rings. The highest BCUT2D eigenvalue weighted by molar-refractivity contribution is 5.92. The van der Waals surface area contributed by atoms with E-state index in [1.54, 1.807) is 31.2 Å². The van der Waals surface area contributed by atoms with Gasteiger partial charge >= 0.3 is 5.97 Å². The summed E-state index contributed by atoms with van der Waals surface area (Å²) < 4.78 is 0. The van der Waals surface area contributed by atoms with Crippen molar-refractivity contribution in [1.82, 2.24) is 16.0 Å². The van der Waals surface area contributed by atoms with Gasteiger partial charge < -0.3 is 38.3 Å². The second-order valence-electron chi connectivity index (χ2n) is 8.29. The van der Waals surface area contributed by atoms with Crippen LogP contribution >= 0.6 is 0 Å². The number of hydrogen-bond donors (Lipinski definition) is 7. The Kier molecular flexibility index (Phi) is 12.8. The van der Waals surface area contributed by atoms with Crippen LogP contribution in [-0.2, 0) is 25.6 Å². The Morgan fingerprint density at radius 3 is 2.29 bits per heavy atom. The number of hydrogen-bond acceptors (Lipinski definition) is 6. The van der Waals surface area contributed by atoms with Crippen LogP contribution in [0.15, 0.2) is 35.3 Å². The Balaban J connectivity index is 2.77. The van der Waals surface area contributed by atoms with Crippen LogP contribution in [0.4, 0.5) is 0 Å². The minimum absolute atomic E-state index is 0.0505. The summed E-state index contributed by atoms with van der Waals surface area (Å²) >= 11 is 0. The minimum atomic E-state index is -1.15. The Labute approximate surface area is 205 Å². The lowest BCUT2D eigenvalue weighted by Gasteiger charge is -2.22. The Hall–Kier alpha value is -3.67. The van der Waals surface area contributed by atoms with Crippen LogP contribution in [-0.4, -0.2) is 66.0 Å². The van der Waals surface area contributed by atoms with E-state index in [1.165, 1.54) is 0 Å². The molecule has 0 aliphatic heterocycles. The largest absolute Gasteiger partial charge is 0.480 e. The first-order valence-electron chi connectivity index (χ1n) is 11.5. The fourth-order valence-electron chi connectivity index (χ4n) is 3.19. The molecule has 4 unspecified atom stereocenters. The molecule has 12 nitrogen and oxygen atoms in total. The molecule has 1 rings (SSSR count). The molecule has 0 aromatic heterocycles. The molecular weight excluding hydrogens is 454 g/mol. The molecule has 0 bridgehead atoms. The van der Waals surface area contributed by atoms with Gasteiger partial charge in [0.1, 0.15) is 12.1 Å². The van der Waals surface area contributed by atoms with Gasteiger partial charge in [-0.15, -0.1) is 0 Å². The summed E-state index contributed by atoms with van der Waals surface area (Å²) in [5.41, 5.74) is 17.3. The number of guanidine groups is 1. The molecule has 3 amide bonds. The molecule has 194 valence electrons. The van der Waals surface area contributed by atoms with Gasteiger partial charge in [0.05, 0.1) is 12.6 Å². The number of rotatable bonds is 15. The van der Waals surface area contributed by atoms with E-state index < -0.39 is 48.4 Å². The lowest BCUT2D eigenvalue weighted by molar-refractivity contribution is -0.143. The van der Waals surface area contributed by atoms with Gasteiger partial charge in [0, 0.05) is 13.0 Å². The fraction of sp³-hybridized carbons (Fsp3) is 0.522. The number of carbonyl (C=O) groups excluding carboxylic acids is 3. The summed E-state index contributed by atoms with van der Waals surface area (Å²) in [5.74, 6) is -3.26. The van der Waals surface area contributed by atoms with Gasteiger partial charge in [-0.1, -0.05) is 50.6 Å². The van der Waals surface area contributed by atoms with E-state index in [1.807, 2.05) is 13.0 Å². The summed E-state index contributed by atoms with van der Waals surface area (Å²) in [6, 6.07) is 6.09. The number of aliphatic imine (C=N–C) groups is 1. The van der Waals surface area contributed by atoms with Crippen LogP contribution < -0.4 is 33.2 Å². The number of nitrogens with two attached hydrogens (primary N) is 3. The summed E-state index contributed by atoms with van der Waals surface area (Å²) in [5, 5.41) is 16.9. The molecule has 0 heterocycles. The topological polar surface area (TPSA) is 215 Å². The first-order valence-corrected chi connectivity index (χ1v) is 11.5. The number of nitrogens with zero attached hydrogens (tertiary/aromatic N) is 1. The number of amides is 3. The fourth-order valence-corrected chi connectivity index (χ4v) is 3.19. The molecule has 10 N–H and O–H groups in total. The molecule has 0 fully saturated rings. The van der Waals surface area contributed by atoms with Crippen LogP contribution in [0, 0.1) is 5.92 Å². The first-order chi connectivity index (χ1) is 16.5. The van der Waals surface area contributed by atoms with Crippen LogP contribution in [0.25, 0.3) is 0 Å². The van der Waals surface area contributed by atoms with Crippen molar-refractivity contribution >= 4 is 29.7 Å². The molecule has 0 aliphatic carbocycles. The molecule has 0 saturated carbocycles. The van der Waals surface area contributed by atoms with E-state index in [4.69, 9.17) is 17.2 Å². The summed E-state index contributed by atoms with van der Waals surface area (Å²) in [6.45, 7) is 3.41. The zero-order chi connectivity index (χ0) is 26.4. The summed E-state index contributed by atoms with van der Waals surface area (Å²) in [6.07, 6.45) is 1.51. The normalized spacial score (nSPS) is 14.0. The van der Waals surface area contributed by atoms with Gasteiger partial charge in [-0.25, -0.2) is 4.79 Å². The maximum Gasteiger partial charge on any atom is 0.326 e. The first kappa shape index (κ1) is 29.4. The van der Waals surface area contributed by atoms with Crippen LogP contribution in [0.1, 0.15) is 38.7 Å². The highest BCUT2D eigenvalue weighted by atomic mass is 16.4. The molecule has 4 atom stereocenters.